The highest BCUT2D eigenvalue weighted by atomic mass is 35.5. The maximum Gasteiger partial charge on any atom is 0.166 e. The van der Waals surface area contributed by atoms with Crippen LogP contribution in [0.5, 0.6) is 11.5 Å². The molecule has 146 valence electrons. The number of benzene rings is 3. The minimum absolute atomic E-state index is 0.212. The highest BCUT2D eigenvalue weighted by molar-refractivity contribution is 6.30. The summed E-state index contributed by atoms with van der Waals surface area (Å²) in [4.78, 5) is 0. The van der Waals surface area contributed by atoms with Crippen molar-refractivity contribution in [2.24, 2.45) is 0 Å². The van der Waals surface area contributed by atoms with Gasteiger partial charge < -0.3 is 14.8 Å². The summed E-state index contributed by atoms with van der Waals surface area (Å²) in [6.45, 7) is 1.86. The molecule has 3 rings (SSSR count). The van der Waals surface area contributed by atoms with E-state index in [1.54, 1.807) is 7.11 Å². The molecule has 0 spiro atoms. The average molecular weight is 400 g/mol. The smallest absolute Gasteiger partial charge is 0.166 e. The highest BCUT2D eigenvalue weighted by Gasteiger charge is 2.11. The van der Waals surface area contributed by atoms with Crippen molar-refractivity contribution >= 4 is 11.6 Å². The normalized spacial score (nSPS) is 10.7. The van der Waals surface area contributed by atoms with Gasteiger partial charge in [0.05, 0.1) is 7.11 Å². The van der Waals surface area contributed by atoms with E-state index in [-0.39, 0.29) is 5.82 Å². The fourth-order valence-electron chi connectivity index (χ4n) is 2.87. The van der Waals surface area contributed by atoms with Gasteiger partial charge in [-0.2, -0.15) is 0 Å². The number of para-hydroxylation sites is 1. The number of halogens is 2. The maximum absolute atomic E-state index is 13.0. The van der Waals surface area contributed by atoms with Crippen LogP contribution in [0.15, 0.2) is 66.7 Å². The average Bonchev–Trinajstić information content (AvgIpc) is 2.72. The van der Waals surface area contributed by atoms with Crippen LogP contribution in [0.25, 0.3) is 0 Å². The first-order valence-corrected chi connectivity index (χ1v) is 9.52. The highest BCUT2D eigenvalue weighted by Crippen LogP contribution is 2.32. The van der Waals surface area contributed by atoms with Gasteiger partial charge in [0, 0.05) is 17.1 Å². The predicted octanol–water partition coefficient (Wildman–Crippen LogP) is 5.40. The standard InChI is InChI=1S/C23H23ClFNO2/c1-27-22-4-2-3-19(15-26-14-13-17-7-11-21(25)12-8-17)23(22)28-16-18-5-9-20(24)10-6-18/h2-12,26H,13-16H2,1H3. The zero-order valence-corrected chi connectivity index (χ0v) is 16.5. The SMILES string of the molecule is COc1cccc(CNCCc2ccc(F)cc2)c1OCc1ccc(Cl)cc1. The van der Waals surface area contributed by atoms with Crippen LogP contribution in [0.2, 0.25) is 5.02 Å². The van der Waals surface area contributed by atoms with Crippen molar-refractivity contribution in [3.63, 3.8) is 0 Å². The second-order valence-electron chi connectivity index (χ2n) is 6.42. The third-order valence-electron chi connectivity index (χ3n) is 4.40. The van der Waals surface area contributed by atoms with Gasteiger partial charge >= 0.3 is 0 Å². The van der Waals surface area contributed by atoms with E-state index in [9.17, 15) is 4.39 Å². The number of ether oxygens (including phenoxy) is 2. The van der Waals surface area contributed by atoms with Crippen LogP contribution >= 0.6 is 11.6 Å². The molecule has 0 heterocycles. The first kappa shape index (κ1) is 20.2. The van der Waals surface area contributed by atoms with E-state index in [4.69, 9.17) is 21.1 Å². The topological polar surface area (TPSA) is 30.5 Å². The van der Waals surface area contributed by atoms with E-state index >= 15 is 0 Å². The molecule has 0 saturated carbocycles. The van der Waals surface area contributed by atoms with Crippen LogP contribution in [0.3, 0.4) is 0 Å². The third-order valence-corrected chi connectivity index (χ3v) is 4.65. The largest absolute Gasteiger partial charge is 0.493 e. The van der Waals surface area contributed by atoms with E-state index in [0.29, 0.717) is 23.9 Å². The van der Waals surface area contributed by atoms with Crippen LogP contribution in [0.4, 0.5) is 4.39 Å². The van der Waals surface area contributed by atoms with Crippen molar-refractivity contribution in [1.82, 2.24) is 5.32 Å². The molecule has 0 radical (unpaired) electrons. The molecule has 3 aromatic rings. The van der Waals surface area contributed by atoms with Crippen LogP contribution in [-0.4, -0.2) is 13.7 Å². The van der Waals surface area contributed by atoms with Crippen LogP contribution in [0.1, 0.15) is 16.7 Å². The molecule has 3 nitrogen and oxygen atoms in total. The summed E-state index contributed by atoms with van der Waals surface area (Å²) < 4.78 is 24.5. The number of methoxy groups -OCH3 is 1. The Kier molecular flexibility index (Phi) is 7.29. The van der Waals surface area contributed by atoms with Crippen LogP contribution in [-0.2, 0) is 19.6 Å². The molecule has 0 unspecified atom stereocenters. The van der Waals surface area contributed by atoms with Gasteiger partial charge in [-0.15, -0.1) is 0 Å². The summed E-state index contributed by atoms with van der Waals surface area (Å²) in [5, 5.41) is 4.12. The van der Waals surface area contributed by atoms with Gasteiger partial charge in [0.2, 0.25) is 0 Å². The van der Waals surface area contributed by atoms with Crippen molar-refractivity contribution in [1.29, 1.82) is 0 Å². The Hall–Kier alpha value is -2.56. The summed E-state index contributed by atoms with van der Waals surface area (Å²) in [6.07, 6.45) is 0.825. The molecule has 0 aliphatic carbocycles. The van der Waals surface area contributed by atoms with Crippen molar-refractivity contribution in [3.8, 4) is 11.5 Å². The van der Waals surface area contributed by atoms with Crippen LogP contribution in [0, 0.1) is 5.82 Å². The molecule has 1 N–H and O–H groups in total. The molecule has 0 bridgehead atoms. The Balaban J connectivity index is 1.60. The fraction of sp³-hybridized carbons (Fsp3) is 0.217. The lowest BCUT2D eigenvalue weighted by atomic mass is 10.1. The van der Waals surface area contributed by atoms with Gasteiger partial charge in [-0.25, -0.2) is 4.39 Å². The predicted molar refractivity (Wildman–Crippen MR) is 111 cm³/mol. The molecule has 0 fully saturated rings. The number of rotatable bonds is 9. The molecule has 3 aromatic carbocycles. The Morgan fingerprint density at radius 2 is 1.64 bits per heavy atom. The lowest BCUT2D eigenvalue weighted by Gasteiger charge is -2.16. The van der Waals surface area contributed by atoms with E-state index in [1.165, 1.54) is 12.1 Å². The molecule has 0 aliphatic heterocycles. The first-order valence-electron chi connectivity index (χ1n) is 9.14. The molecule has 0 aromatic heterocycles. The van der Waals surface area contributed by atoms with Crippen molar-refractivity contribution in [2.45, 2.75) is 19.6 Å². The second kappa shape index (κ2) is 10.1. The van der Waals surface area contributed by atoms with E-state index in [0.717, 1.165) is 35.4 Å². The molecule has 0 amide bonds. The van der Waals surface area contributed by atoms with Gasteiger partial charge in [-0.1, -0.05) is 48.0 Å². The summed E-state index contributed by atoms with van der Waals surface area (Å²) in [5.74, 6) is 1.22. The van der Waals surface area contributed by atoms with Crippen molar-refractivity contribution in [2.75, 3.05) is 13.7 Å². The van der Waals surface area contributed by atoms with Gasteiger partial charge in [0.15, 0.2) is 11.5 Å². The Labute approximate surface area is 170 Å². The Morgan fingerprint density at radius 1 is 0.929 bits per heavy atom. The Morgan fingerprint density at radius 3 is 2.36 bits per heavy atom. The Bertz CT molecular complexity index is 882. The minimum atomic E-state index is -0.212. The van der Waals surface area contributed by atoms with Gasteiger partial charge in [0.1, 0.15) is 12.4 Å². The second-order valence-corrected chi connectivity index (χ2v) is 6.85. The van der Waals surface area contributed by atoms with Gasteiger partial charge in [-0.3, -0.25) is 0 Å². The van der Waals surface area contributed by atoms with E-state index < -0.39 is 0 Å². The van der Waals surface area contributed by atoms with Gasteiger partial charge in [-0.05, 0) is 54.4 Å². The minimum Gasteiger partial charge on any atom is -0.493 e. The molecule has 0 atom stereocenters. The monoisotopic (exact) mass is 399 g/mol. The summed E-state index contributed by atoms with van der Waals surface area (Å²) >= 11 is 5.94. The molecular weight excluding hydrogens is 377 g/mol. The summed E-state index contributed by atoms with van der Waals surface area (Å²) in [5.41, 5.74) is 3.15. The van der Waals surface area contributed by atoms with Crippen molar-refractivity contribution < 1.29 is 13.9 Å². The number of hydrogen-bond acceptors (Lipinski definition) is 3. The molecule has 0 saturated heterocycles. The zero-order valence-electron chi connectivity index (χ0n) is 15.8. The molecule has 0 aliphatic rings. The molecule has 28 heavy (non-hydrogen) atoms. The lowest BCUT2D eigenvalue weighted by molar-refractivity contribution is 0.280. The summed E-state index contributed by atoms with van der Waals surface area (Å²) in [6, 6.07) is 20.0. The number of nitrogens with one attached hydrogen (secondary N) is 1. The van der Waals surface area contributed by atoms with Crippen LogP contribution < -0.4 is 14.8 Å². The van der Waals surface area contributed by atoms with Gasteiger partial charge in [0.25, 0.3) is 0 Å². The first-order chi connectivity index (χ1) is 13.7. The maximum atomic E-state index is 13.0. The molecule has 5 heteroatoms. The third kappa shape index (κ3) is 5.72. The van der Waals surface area contributed by atoms with E-state index in [1.807, 2.05) is 54.6 Å². The summed E-state index contributed by atoms with van der Waals surface area (Å²) in [7, 11) is 1.64. The molecular formula is C23H23ClFNO2. The zero-order chi connectivity index (χ0) is 19.8. The van der Waals surface area contributed by atoms with E-state index in [2.05, 4.69) is 5.32 Å². The fourth-order valence-corrected chi connectivity index (χ4v) is 2.99. The lowest BCUT2D eigenvalue weighted by Crippen LogP contribution is -2.17. The van der Waals surface area contributed by atoms with Crippen molar-refractivity contribution in [3.05, 3.63) is 94.3 Å². The quantitative estimate of drug-likeness (QED) is 0.489. The number of hydrogen-bond donors (Lipinski definition) is 1.